The highest BCUT2D eigenvalue weighted by molar-refractivity contribution is 5.96. The van der Waals surface area contributed by atoms with E-state index >= 15 is 0 Å². The van der Waals surface area contributed by atoms with Crippen molar-refractivity contribution in [2.45, 2.75) is 0 Å². The van der Waals surface area contributed by atoms with Crippen molar-refractivity contribution >= 4 is 32.8 Å². The molecule has 2 aromatic heterocycles. The van der Waals surface area contributed by atoms with Crippen LogP contribution in [0.2, 0.25) is 0 Å². The molecule has 0 aliphatic heterocycles. The highest BCUT2D eigenvalue weighted by Gasteiger charge is 2.14. The van der Waals surface area contributed by atoms with Gasteiger partial charge in [0.15, 0.2) is 11.3 Å². The van der Waals surface area contributed by atoms with E-state index in [0.29, 0.717) is 22.7 Å². The summed E-state index contributed by atoms with van der Waals surface area (Å²) in [6.45, 7) is 0. The fraction of sp³-hybridized carbons (Fsp3) is 0.0476. The summed E-state index contributed by atoms with van der Waals surface area (Å²) in [6.07, 6.45) is 0. The summed E-state index contributed by atoms with van der Waals surface area (Å²) < 4.78 is 10.8. The van der Waals surface area contributed by atoms with E-state index in [0.717, 1.165) is 27.2 Å². The van der Waals surface area contributed by atoms with Crippen LogP contribution in [0.3, 0.4) is 0 Å². The van der Waals surface area contributed by atoms with Crippen molar-refractivity contribution in [1.29, 1.82) is 0 Å². The van der Waals surface area contributed by atoms with E-state index < -0.39 is 5.63 Å². The van der Waals surface area contributed by atoms with E-state index in [1.807, 2.05) is 48.5 Å². The van der Waals surface area contributed by atoms with Crippen molar-refractivity contribution in [3.63, 3.8) is 0 Å². The number of imidazole rings is 1. The summed E-state index contributed by atoms with van der Waals surface area (Å²) in [5, 5.41) is 3.00. The van der Waals surface area contributed by atoms with E-state index in [4.69, 9.17) is 9.15 Å². The molecule has 0 saturated carbocycles. The number of ether oxygens (including phenoxy) is 1. The molecule has 0 atom stereocenters. The van der Waals surface area contributed by atoms with Crippen LogP contribution < -0.4 is 10.4 Å². The number of fused-ring (bicyclic) bond motifs is 3. The van der Waals surface area contributed by atoms with Crippen molar-refractivity contribution in [2.24, 2.45) is 0 Å². The maximum atomic E-state index is 12.5. The van der Waals surface area contributed by atoms with Gasteiger partial charge in [-0.25, -0.2) is 9.78 Å². The lowest BCUT2D eigenvalue weighted by molar-refractivity contribution is 0.407. The number of nitrogens with zero attached hydrogens (tertiary/aromatic N) is 1. The maximum Gasteiger partial charge on any atom is 0.347 e. The number of H-pyrrole nitrogens is 1. The molecule has 0 unspecified atom stereocenters. The fourth-order valence-electron chi connectivity index (χ4n) is 3.27. The van der Waals surface area contributed by atoms with E-state index in [2.05, 4.69) is 9.97 Å². The lowest BCUT2D eigenvalue weighted by Crippen LogP contribution is -2.04. The zero-order valence-electron chi connectivity index (χ0n) is 13.9. The van der Waals surface area contributed by atoms with Crippen LogP contribution in [0.15, 0.2) is 69.9 Å². The first-order valence-electron chi connectivity index (χ1n) is 8.23. The quantitative estimate of drug-likeness (QED) is 0.480. The molecule has 5 aromatic rings. The highest BCUT2D eigenvalue weighted by atomic mass is 16.5. The van der Waals surface area contributed by atoms with Gasteiger partial charge in [0, 0.05) is 5.39 Å². The van der Waals surface area contributed by atoms with Gasteiger partial charge in [0.2, 0.25) is 0 Å². The highest BCUT2D eigenvalue weighted by Crippen LogP contribution is 2.28. The number of aromatic amines is 1. The molecule has 5 heteroatoms. The van der Waals surface area contributed by atoms with E-state index in [9.17, 15) is 4.79 Å². The Hall–Kier alpha value is -3.60. The van der Waals surface area contributed by atoms with Crippen LogP contribution in [-0.4, -0.2) is 17.1 Å². The molecule has 0 fully saturated rings. The van der Waals surface area contributed by atoms with Crippen LogP contribution in [0, 0.1) is 0 Å². The number of rotatable bonds is 2. The third-order valence-corrected chi connectivity index (χ3v) is 4.55. The zero-order chi connectivity index (χ0) is 17.7. The molecule has 3 aromatic carbocycles. The van der Waals surface area contributed by atoms with E-state index in [-0.39, 0.29) is 0 Å². The standard InChI is InChI=1S/C21H14N2O3/c1-25-18-8-4-7-14-9-15(21(24)26-19(14)18)20-22-16-10-12-5-2-3-6-13(12)11-17(16)23-20/h2-11H,1H3,(H,22,23). The van der Waals surface area contributed by atoms with Crippen LogP contribution in [-0.2, 0) is 0 Å². The average molecular weight is 342 g/mol. The second kappa shape index (κ2) is 5.46. The number of aromatic nitrogens is 2. The Bertz CT molecular complexity index is 1300. The van der Waals surface area contributed by atoms with Gasteiger partial charge in [0.05, 0.1) is 18.1 Å². The van der Waals surface area contributed by atoms with Gasteiger partial charge in [0.1, 0.15) is 11.4 Å². The largest absolute Gasteiger partial charge is 0.493 e. The molecule has 2 heterocycles. The third-order valence-electron chi connectivity index (χ3n) is 4.55. The number of para-hydroxylation sites is 1. The normalized spacial score (nSPS) is 11.4. The first-order chi connectivity index (χ1) is 12.7. The molecule has 0 bridgehead atoms. The molecular weight excluding hydrogens is 328 g/mol. The summed E-state index contributed by atoms with van der Waals surface area (Å²) >= 11 is 0. The minimum atomic E-state index is -0.453. The van der Waals surface area contributed by atoms with Gasteiger partial charge in [-0.3, -0.25) is 0 Å². The summed E-state index contributed by atoms with van der Waals surface area (Å²) in [6, 6.07) is 19.4. The smallest absolute Gasteiger partial charge is 0.347 e. The lowest BCUT2D eigenvalue weighted by Gasteiger charge is -2.04. The van der Waals surface area contributed by atoms with Crippen LogP contribution >= 0.6 is 0 Å². The van der Waals surface area contributed by atoms with Gasteiger partial charge < -0.3 is 14.1 Å². The van der Waals surface area contributed by atoms with E-state index in [1.165, 1.54) is 0 Å². The van der Waals surface area contributed by atoms with Crippen LogP contribution in [0.4, 0.5) is 0 Å². The number of benzene rings is 3. The Morgan fingerprint density at radius 1 is 0.962 bits per heavy atom. The van der Waals surface area contributed by atoms with Gasteiger partial charge >= 0.3 is 5.63 Å². The third kappa shape index (κ3) is 2.18. The number of hydrogen-bond donors (Lipinski definition) is 1. The lowest BCUT2D eigenvalue weighted by atomic mass is 10.1. The summed E-state index contributed by atoms with van der Waals surface area (Å²) in [5.41, 5.74) is 2.06. The Morgan fingerprint density at radius 2 is 1.73 bits per heavy atom. The Labute approximate surface area is 147 Å². The van der Waals surface area contributed by atoms with Gasteiger partial charge in [-0.1, -0.05) is 36.4 Å². The Kier molecular flexibility index (Phi) is 3.09. The predicted molar refractivity (Wildman–Crippen MR) is 102 cm³/mol. The number of nitrogens with one attached hydrogen (secondary N) is 1. The van der Waals surface area contributed by atoms with Crippen molar-refractivity contribution in [3.8, 4) is 17.1 Å². The second-order valence-corrected chi connectivity index (χ2v) is 6.13. The molecule has 1 N–H and O–H groups in total. The molecule has 0 saturated heterocycles. The summed E-state index contributed by atoms with van der Waals surface area (Å²) in [7, 11) is 1.55. The second-order valence-electron chi connectivity index (χ2n) is 6.13. The number of methoxy groups -OCH3 is 1. The average Bonchev–Trinajstić information content (AvgIpc) is 3.07. The first-order valence-corrected chi connectivity index (χ1v) is 8.23. The maximum absolute atomic E-state index is 12.5. The van der Waals surface area contributed by atoms with E-state index in [1.54, 1.807) is 19.2 Å². The van der Waals surface area contributed by atoms with Crippen molar-refractivity contribution in [1.82, 2.24) is 9.97 Å². The summed E-state index contributed by atoms with van der Waals surface area (Å²) in [4.78, 5) is 20.4. The van der Waals surface area contributed by atoms with Crippen molar-refractivity contribution in [3.05, 3.63) is 71.1 Å². The molecule has 0 amide bonds. The molecule has 26 heavy (non-hydrogen) atoms. The summed E-state index contributed by atoms with van der Waals surface area (Å²) in [5.74, 6) is 1.02. The van der Waals surface area contributed by atoms with Crippen molar-refractivity contribution in [2.75, 3.05) is 7.11 Å². The monoisotopic (exact) mass is 342 g/mol. The molecule has 5 nitrogen and oxygen atoms in total. The molecule has 0 radical (unpaired) electrons. The SMILES string of the molecule is COc1cccc2cc(-c3nc4cc5ccccc5cc4[nH]3)c(=O)oc12. The molecule has 126 valence electrons. The number of hydrogen-bond acceptors (Lipinski definition) is 4. The molecular formula is C21H14N2O3. The molecule has 5 rings (SSSR count). The fourth-order valence-corrected chi connectivity index (χ4v) is 3.27. The predicted octanol–water partition coefficient (Wildman–Crippen LogP) is 4.50. The minimum absolute atomic E-state index is 0.394. The van der Waals surface area contributed by atoms with Crippen molar-refractivity contribution < 1.29 is 9.15 Å². The van der Waals surface area contributed by atoms with Gasteiger partial charge in [-0.2, -0.15) is 0 Å². The first kappa shape index (κ1) is 14.7. The van der Waals surface area contributed by atoms with Gasteiger partial charge in [0.25, 0.3) is 0 Å². The Balaban J connectivity index is 1.75. The van der Waals surface area contributed by atoms with Gasteiger partial charge in [-0.05, 0) is 35.0 Å². The van der Waals surface area contributed by atoms with Crippen LogP contribution in [0.1, 0.15) is 0 Å². The van der Waals surface area contributed by atoms with Crippen LogP contribution in [0.5, 0.6) is 5.75 Å². The Morgan fingerprint density at radius 3 is 2.54 bits per heavy atom. The van der Waals surface area contributed by atoms with Gasteiger partial charge in [-0.15, -0.1) is 0 Å². The molecule has 0 aliphatic rings. The molecule has 0 aliphatic carbocycles. The molecule has 0 spiro atoms. The zero-order valence-corrected chi connectivity index (χ0v) is 13.9. The topological polar surface area (TPSA) is 68.1 Å². The van der Waals surface area contributed by atoms with Crippen LogP contribution in [0.25, 0.3) is 44.2 Å². The minimum Gasteiger partial charge on any atom is -0.493 e.